The van der Waals surface area contributed by atoms with Gasteiger partial charge in [-0.3, -0.25) is 9.36 Å². The van der Waals surface area contributed by atoms with E-state index >= 15 is 0 Å². The Labute approximate surface area is 157 Å². The molecular formula is C19H16F4N4O. The van der Waals surface area contributed by atoms with Crippen LogP contribution >= 0.6 is 0 Å². The van der Waals surface area contributed by atoms with Crippen LogP contribution in [0.2, 0.25) is 0 Å². The quantitative estimate of drug-likeness (QED) is 0.620. The molecule has 28 heavy (non-hydrogen) atoms. The maximum Gasteiger partial charge on any atom is 0.392 e. The number of alkyl halides is 3. The van der Waals surface area contributed by atoms with Gasteiger partial charge in [-0.2, -0.15) is 13.2 Å². The molecule has 1 aliphatic rings. The van der Waals surface area contributed by atoms with Gasteiger partial charge >= 0.3 is 6.18 Å². The topological polar surface area (TPSA) is 52.7 Å². The summed E-state index contributed by atoms with van der Waals surface area (Å²) in [6, 6.07) is 5.28. The van der Waals surface area contributed by atoms with Gasteiger partial charge in [-0.25, -0.2) is 14.4 Å². The maximum absolute atomic E-state index is 13.3. The summed E-state index contributed by atoms with van der Waals surface area (Å²) in [4.78, 5) is 21.7. The van der Waals surface area contributed by atoms with E-state index in [-0.39, 0.29) is 30.6 Å². The highest BCUT2D eigenvalue weighted by Gasteiger charge is 2.40. The zero-order valence-corrected chi connectivity index (χ0v) is 14.9. The van der Waals surface area contributed by atoms with E-state index in [0.717, 1.165) is 0 Å². The molecule has 5 nitrogen and oxygen atoms in total. The van der Waals surface area contributed by atoms with Crippen molar-refractivity contribution in [3.05, 3.63) is 58.7 Å². The second-order valence-electron chi connectivity index (χ2n) is 6.82. The molecule has 2 heterocycles. The Morgan fingerprint density at radius 3 is 2.50 bits per heavy atom. The van der Waals surface area contributed by atoms with Crippen molar-refractivity contribution in [1.82, 2.24) is 19.1 Å². The molecule has 1 atom stereocenters. The lowest BCUT2D eigenvalue weighted by Crippen LogP contribution is -2.27. The third-order valence-electron chi connectivity index (χ3n) is 4.98. The summed E-state index contributed by atoms with van der Waals surface area (Å²) in [7, 11) is 1.68. The van der Waals surface area contributed by atoms with E-state index in [1.165, 1.54) is 41.2 Å². The first-order valence-corrected chi connectivity index (χ1v) is 8.72. The van der Waals surface area contributed by atoms with E-state index in [9.17, 15) is 22.4 Å². The van der Waals surface area contributed by atoms with Crippen LogP contribution in [0.25, 0.3) is 22.4 Å². The lowest BCUT2D eigenvalue weighted by Gasteiger charge is -2.25. The van der Waals surface area contributed by atoms with Crippen molar-refractivity contribution in [2.75, 3.05) is 0 Å². The van der Waals surface area contributed by atoms with Crippen LogP contribution in [0.3, 0.4) is 0 Å². The lowest BCUT2D eigenvalue weighted by atomic mass is 9.88. The van der Waals surface area contributed by atoms with E-state index in [1.54, 1.807) is 11.6 Å². The van der Waals surface area contributed by atoms with Crippen molar-refractivity contribution in [1.29, 1.82) is 0 Å². The normalized spacial score (nSPS) is 17.8. The predicted octanol–water partition coefficient (Wildman–Crippen LogP) is 4.00. The number of aryl methyl sites for hydroxylation is 1. The van der Waals surface area contributed by atoms with Crippen LogP contribution < -0.4 is 5.56 Å². The highest BCUT2D eigenvalue weighted by molar-refractivity contribution is 5.74. The number of halogens is 4. The summed E-state index contributed by atoms with van der Waals surface area (Å²) in [5.74, 6) is -1.61. The third kappa shape index (κ3) is 3.10. The molecule has 9 heteroatoms. The fraction of sp³-hybridized carbons (Fsp3) is 0.316. The first-order valence-electron chi connectivity index (χ1n) is 8.72. The summed E-state index contributed by atoms with van der Waals surface area (Å²) in [6.07, 6.45) is -1.41. The number of hydrogen-bond donors (Lipinski definition) is 0. The fourth-order valence-corrected chi connectivity index (χ4v) is 3.44. The van der Waals surface area contributed by atoms with Gasteiger partial charge in [-0.1, -0.05) is 6.08 Å². The second kappa shape index (κ2) is 6.57. The summed E-state index contributed by atoms with van der Waals surface area (Å²) < 4.78 is 55.2. The molecule has 2 aromatic heterocycles. The lowest BCUT2D eigenvalue weighted by molar-refractivity contribution is -0.175. The molecule has 0 radical (unpaired) electrons. The fourth-order valence-electron chi connectivity index (χ4n) is 3.44. The highest BCUT2D eigenvalue weighted by atomic mass is 19.4. The van der Waals surface area contributed by atoms with E-state index < -0.39 is 23.5 Å². The minimum Gasteiger partial charge on any atom is -0.318 e. The van der Waals surface area contributed by atoms with Crippen LogP contribution in [0.1, 0.15) is 25.1 Å². The maximum atomic E-state index is 13.3. The number of aromatic nitrogens is 4. The minimum atomic E-state index is -4.25. The van der Waals surface area contributed by atoms with Crippen molar-refractivity contribution >= 4 is 16.7 Å². The molecule has 0 fully saturated rings. The molecule has 0 amide bonds. The molecule has 0 bridgehead atoms. The van der Waals surface area contributed by atoms with Gasteiger partial charge in [0.05, 0.1) is 17.9 Å². The summed E-state index contributed by atoms with van der Waals surface area (Å²) in [6.45, 7) is 0. The average molecular weight is 392 g/mol. The molecule has 0 N–H and O–H groups in total. The summed E-state index contributed by atoms with van der Waals surface area (Å²) in [5, 5.41) is 0. The standard InChI is InChI=1S/C19H16F4N4O/c1-26-10-24-15-17(26)25-16(11-2-4-12(5-3-11)19(21,22)23)27(18(15)28)14-8-6-13(20)7-9-14/h2,6-10,12H,3-5H2,1H3. The van der Waals surface area contributed by atoms with Gasteiger partial charge in [0.15, 0.2) is 11.2 Å². The smallest absolute Gasteiger partial charge is 0.318 e. The first kappa shape index (κ1) is 18.4. The Bertz CT molecular complexity index is 1130. The molecule has 0 spiro atoms. The third-order valence-corrected chi connectivity index (χ3v) is 4.98. The minimum absolute atomic E-state index is 0.0714. The van der Waals surface area contributed by atoms with Crippen molar-refractivity contribution in [3.8, 4) is 5.69 Å². The molecule has 0 aliphatic heterocycles. The van der Waals surface area contributed by atoms with Gasteiger partial charge in [-0.05, 0) is 49.1 Å². The molecule has 1 aliphatic carbocycles. The Morgan fingerprint density at radius 2 is 1.89 bits per heavy atom. The molecule has 3 aromatic rings. The Kier molecular flexibility index (Phi) is 4.32. The van der Waals surface area contributed by atoms with Crippen LogP contribution in [0.5, 0.6) is 0 Å². The van der Waals surface area contributed by atoms with Gasteiger partial charge in [0, 0.05) is 7.05 Å². The van der Waals surface area contributed by atoms with E-state index in [1.807, 2.05) is 0 Å². The zero-order valence-electron chi connectivity index (χ0n) is 14.9. The molecule has 0 saturated carbocycles. The van der Waals surface area contributed by atoms with Gasteiger partial charge < -0.3 is 4.57 Å². The van der Waals surface area contributed by atoms with Crippen LogP contribution in [0, 0.1) is 11.7 Å². The number of allylic oxidation sites excluding steroid dienone is 2. The Morgan fingerprint density at radius 1 is 1.18 bits per heavy atom. The Balaban J connectivity index is 1.91. The van der Waals surface area contributed by atoms with Crippen molar-refractivity contribution in [2.45, 2.75) is 25.4 Å². The number of fused-ring (bicyclic) bond motifs is 1. The van der Waals surface area contributed by atoms with Gasteiger partial charge in [-0.15, -0.1) is 0 Å². The van der Waals surface area contributed by atoms with E-state index in [2.05, 4.69) is 9.97 Å². The molecular weight excluding hydrogens is 376 g/mol. The summed E-state index contributed by atoms with van der Waals surface area (Å²) in [5.41, 5.74) is 0.966. The second-order valence-corrected chi connectivity index (χ2v) is 6.82. The van der Waals surface area contributed by atoms with Crippen molar-refractivity contribution in [2.24, 2.45) is 13.0 Å². The molecule has 0 saturated heterocycles. The van der Waals surface area contributed by atoms with Crippen LogP contribution in [0.4, 0.5) is 17.6 Å². The van der Waals surface area contributed by atoms with E-state index in [4.69, 9.17) is 0 Å². The SMILES string of the molecule is Cn1cnc2c(=O)n(-c3ccc(F)cc3)c(C3=CCC(C(F)(F)F)CC3)nc21. The average Bonchev–Trinajstić information content (AvgIpc) is 3.03. The number of imidazole rings is 1. The van der Waals surface area contributed by atoms with Crippen molar-refractivity contribution < 1.29 is 17.6 Å². The molecule has 146 valence electrons. The van der Waals surface area contributed by atoms with Crippen LogP contribution in [0.15, 0.2) is 41.5 Å². The van der Waals surface area contributed by atoms with Gasteiger partial charge in [0.2, 0.25) is 0 Å². The molecule has 4 rings (SSSR count). The Hall–Kier alpha value is -2.97. The van der Waals surface area contributed by atoms with Crippen LogP contribution in [-0.4, -0.2) is 25.3 Å². The summed E-state index contributed by atoms with van der Waals surface area (Å²) >= 11 is 0. The zero-order chi connectivity index (χ0) is 20.1. The predicted molar refractivity (Wildman–Crippen MR) is 95.4 cm³/mol. The number of nitrogens with zero attached hydrogens (tertiary/aromatic N) is 4. The van der Waals surface area contributed by atoms with Crippen molar-refractivity contribution in [3.63, 3.8) is 0 Å². The number of benzene rings is 1. The number of hydrogen-bond acceptors (Lipinski definition) is 3. The monoisotopic (exact) mass is 392 g/mol. The molecule has 1 unspecified atom stereocenters. The first-order chi connectivity index (χ1) is 13.3. The largest absolute Gasteiger partial charge is 0.392 e. The molecule has 1 aromatic carbocycles. The van der Waals surface area contributed by atoms with Gasteiger partial charge in [0.1, 0.15) is 11.6 Å². The van der Waals surface area contributed by atoms with Crippen LogP contribution in [-0.2, 0) is 7.05 Å². The van der Waals surface area contributed by atoms with Gasteiger partial charge in [0.25, 0.3) is 5.56 Å². The number of rotatable bonds is 2. The van der Waals surface area contributed by atoms with E-state index in [0.29, 0.717) is 16.9 Å². The highest BCUT2D eigenvalue weighted by Crippen LogP contribution is 2.39.